The molecule has 18 heavy (non-hydrogen) atoms. The lowest BCUT2D eigenvalue weighted by Gasteiger charge is -2.11. The van der Waals surface area contributed by atoms with Crippen molar-refractivity contribution in [3.8, 4) is 0 Å². The Morgan fingerprint density at radius 1 is 1.22 bits per heavy atom. The van der Waals surface area contributed by atoms with Crippen molar-refractivity contribution in [1.29, 1.82) is 0 Å². The maximum atomic E-state index is 6.29. The van der Waals surface area contributed by atoms with Crippen LogP contribution in [-0.2, 0) is 19.3 Å². The molecule has 1 unspecified atom stereocenters. The summed E-state index contributed by atoms with van der Waals surface area (Å²) in [5.41, 5.74) is 10.0. The summed E-state index contributed by atoms with van der Waals surface area (Å²) >= 11 is 1.76. The normalized spacial score (nSPS) is 12.6. The van der Waals surface area contributed by atoms with Crippen LogP contribution in [0.25, 0.3) is 0 Å². The van der Waals surface area contributed by atoms with Gasteiger partial charge in [0, 0.05) is 29.2 Å². The molecular weight excluding hydrogens is 240 g/mol. The summed E-state index contributed by atoms with van der Waals surface area (Å²) in [7, 11) is 0. The monoisotopic (exact) mass is 260 g/mol. The standard InChI is InChI=1S/C15H20N2S/c1-3-11-5-6-13(17-10-11)9-14(16)15-12(4-2)7-8-18-15/h5-8,10,14H,3-4,9,16H2,1-2H3. The molecule has 0 fully saturated rings. The number of nitrogens with two attached hydrogens (primary N) is 1. The van der Waals surface area contributed by atoms with Crippen molar-refractivity contribution < 1.29 is 0 Å². The minimum atomic E-state index is 0.0694. The van der Waals surface area contributed by atoms with E-state index in [1.54, 1.807) is 11.3 Å². The Kier molecular flexibility index (Phi) is 4.50. The van der Waals surface area contributed by atoms with Gasteiger partial charge < -0.3 is 5.73 Å². The lowest BCUT2D eigenvalue weighted by molar-refractivity contribution is 0.711. The number of hydrogen-bond donors (Lipinski definition) is 1. The number of rotatable bonds is 5. The molecule has 96 valence electrons. The summed E-state index contributed by atoms with van der Waals surface area (Å²) in [5.74, 6) is 0. The molecule has 2 nitrogen and oxygen atoms in total. The van der Waals surface area contributed by atoms with Crippen LogP contribution < -0.4 is 5.73 Å². The van der Waals surface area contributed by atoms with E-state index in [4.69, 9.17) is 5.73 Å². The molecule has 2 rings (SSSR count). The second kappa shape index (κ2) is 6.12. The van der Waals surface area contributed by atoms with E-state index in [9.17, 15) is 0 Å². The predicted molar refractivity (Wildman–Crippen MR) is 77.9 cm³/mol. The zero-order valence-corrected chi connectivity index (χ0v) is 11.8. The zero-order valence-electron chi connectivity index (χ0n) is 11.0. The molecule has 2 N–H and O–H groups in total. The van der Waals surface area contributed by atoms with E-state index >= 15 is 0 Å². The molecule has 0 aliphatic heterocycles. The van der Waals surface area contributed by atoms with E-state index in [2.05, 4.69) is 42.4 Å². The summed E-state index contributed by atoms with van der Waals surface area (Å²) in [6.07, 6.45) is 4.85. The SMILES string of the molecule is CCc1ccc(CC(N)c2sccc2CC)nc1. The molecule has 0 bridgehead atoms. The first-order chi connectivity index (χ1) is 8.74. The highest BCUT2D eigenvalue weighted by molar-refractivity contribution is 7.10. The molecule has 0 amide bonds. The van der Waals surface area contributed by atoms with E-state index in [1.807, 2.05) is 6.20 Å². The fraction of sp³-hybridized carbons (Fsp3) is 0.400. The number of aromatic nitrogens is 1. The maximum absolute atomic E-state index is 6.29. The van der Waals surface area contributed by atoms with Crippen molar-refractivity contribution >= 4 is 11.3 Å². The predicted octanol–water partition coefficient (Wildman–Crippen LogP) is 3.51. The van der Waals surface area contributed by atoms with Crippen LogP contribution in [0.1, 0.15) is 41.6 Å². The smallest absolute Gasteiger partial charge is 0.0448 e. The van der Waals surface area contributed by atoms with Gasteiger partial charge in [0.05, 0.1) is 0 Å². The molecule has 2 aromatic heterocycles. The largest absolute Gasteiger partial charge is 0.323 e. The molecule has 0 aliphatic carbocycles. The van der Waals surface area contributed by atoms with Crippen molar-refractivity contribution in [2.75, 3.05) is 0 Å². The summed E-state index contributed by atoms with van der Waals surface area (Å²) in [6, 6.07) is 6.48. The van der Waals surface area contributed by atoms with Gasteiger partial charge in [-0.15, -0.1) is 11.3 Å². The van der Waals surface area contributed by atoms with Crippen LogP contribution in [0.2, 0.25) is 0 Å². The van der Waals surface area contributed by atoms with Gasteiger partial charge in [-0.2, -0.15) is 0 Å². The maximum Gasteiger partial charge on any atom is 0.0448 e. The molecule has 0 radical (unpaired) electrons. The average molecular weight is 260 g/mol. The minimum absolute atomic E-state index is 0.0694. The summed E-state index contributed by atoms with van der Waals surface area (Å²) in [6.45, 7) is 4.31. The number of pyridine rings is 1. The van der Waals surface area contributed by atoms with E-state index in [1.165, 1.54) is 16.0 Å². The number of hydrogen-bond acceptors (Lipinski definition) is 3. The van der Waals surface area contributed by atoms with Crippen molar-refractivity contribution in [3.05, 3.63) is 51.5 Å². The Bertz CT molecular complexity index is 487. The molecule has 0 saturated carbocycles. The highest BCUT2D eigenvalue weighted by Gasteiger charge is 2.13. The lowest BCUT2D eigenvalue weighted by Crippen LogP contribution is -2.14. The zero-order chi connectivity index (χ0) is 13.0. The molecular formula is C15H20N2S. The van der Waals surface area contributed by atoms with Crippen LogP contribution in [0, 0.1) is 0 Å². The van der Waals surface area contributed by atoms with Crippen LogP contribution in [0.3, 0.4) is 0 Å². The van der Waals surface area contributed by atoms with Gasteiger partial charge in [-0.05, 0) is 41.5 Å². The van der Waals surface area contributed by atoms with E-state index in [0.717, 1.165) is 25.0 Å². The first-order valence-electron chi connectivity index (χ1n) is 6.50. The molecule has 0 saturated heterocycles. The Hall–Kier alpha value is -1.19. The van der Waals surface area contributed by atoms with Gasteiger partial charge in [0.25, 0.3) is 0 Å². The second-order valence-corrected chi connectivity index (χ2v) is 5.43. The van der Waals surface area contributed by atoms with Gasteiger partial charge in [-0.3, -0.25) is 4.98 Å². The average Bonchev–Trinajstić information content (AvgIpc) is 2.88. The Labute approximate surface area is 113 Å². The summed E-state index contributed by atoms with van der Waals surface area (Å²) < 4.78 is 0. The fourth-order valence-corrected chi connectivity index (χ4v) is 3.07. The van der Waals surface area contributed by atoms with Gasteiger partial charge in [-0.1, -0.05) is 19.9 Å². The minimum Gasteiger partial charge on any atom is -0.323 e. The molecule has 0 aromatic carbocycles. The van der Waals surface area contributed by atoms with Gasteiger partial charge >= 0.3 is 0 Å². The van der Waals surface area contributed by atoms with E-state index < -0.39 is 0 Å². The third-order valence-corrected chi connectivity index (χ3v) is 4.31. The highest BCUT2D eigenvalue weighted by atomic mass is 32.1. The quantitative estimate of drug-likeness (QED) is 0.893. The van der Waals surface area contributed by atoms with Crippen LogP contribution in [0.15, 0.2) is 29.8 Å². The van der Waals surface area contributed by atoms with E-state index in [0.29, 0.717) is 0 Å². The topological polar surface area (TPSA) is 38.9 Å². The molecule has 1 atom stereocenters. The van der Waals surface area contributed by atoms with Crippen molar-refractivity contribution in [2.45, 2.75) is 39.2 Å². The van der Waals surface area contributed by atoms with Crippen LogP contribution >= 0.6 is 11.3 Å². The third kappa shape index (κ3) is 2.98. The number of nitrogens with zero attached hydrogens (tertiary/aromatic N) is 1. The highest BCUT2D eigenvalue weighted by Crippen LogP contribution is 2.25. The van der Waals surface area contributed by atoms with Gasteiger partial charge in [0.15, 0.2) is 0 Å². The lowest BCUT2D eigenvalue weighted by atomic mass is 10.0. The first-order valence-corrected chi connectivity index (χ1v) is 7.38. The van der Waals surface area contributed by atoms with Gasteiger partial charge in [0.2, 0.25) is 0 Å². The van der Waals surface area contributed by atoms with Crippen LogP contribution in [0.5, 0.6) is 0 Å². The molecule has 0 spiro atoms. The third-order valence-electron chi connectivity index (χ3n) is 3.22. The Morgan fingerprint density at radius 3 is 2.67 bits per heavy atom. The summed E-state index contributed by atoms with van der Waals surface area (Å²) in [5, 5.41) is 2.13. The molecule has 2 aromatic rings. The number of thiophene rings is 1. The Balaban J connectivity index is 2.08. The van der Waals surface area contributed by atoms with Crippen molar-refractivity contribution in [2.24, 2.45) is 5.73 Å². The Morgan fingerprint density at radius 2 is 2.06 bits per heavy atom. The van der Waals surface area contributed by atoms with Crippen molar-refractivity contribution in [1.82, 2.24) is 4.98 Å². The van der Waals surface area contributed by atoms with Crippen LogP contribution in [-0.4, -0.2) is 4.98 Å². The van der Waals surface area contributed by atoms with Gasteiger partial charge in [-0.25, -0.2) is 0 Å². The number of aryl methyl sites for hydroxylation is 2. The molecule has 0 aliphatic rings. The van der Waals surface area contributed by atoms with Crippen LogP contribution in [0.4, 0.5) is 0 Å². The second-order valence-electron chi connectivity index (χ2n) is 4.49. The summed E-state index contributed by atoms with van der Waals surface area (Å²) in [4.78, 5) is 5.78. The fourth-order valence-electron chi connectivity index (χ4n) is 2.07. The van der Waals surface area contributed by atoms with E-state index in [-0.39, 0.29) is 6.04 Å². The molecule has 2 heterocycles. The molecule has 3 heteroatoms. The van der Waals surface area contributed by atoms with Gasteiger partial charge in [0.1, 0.15) is 0 Å². The first kappa shape index (κ1) is 13.2. The van der Waals surface area contributed by atoms with Crippen molar-refractivity contribution in [3.63, 3.8) is 0 Å².